The Bertz CT molecular complexity index is 637. The number of nitrogens with one attached hydrogen (secondary N) is 2. The van der Waals surface area contributed by atoms with Gasteiger partial charge in [0.25, 0.3) is 5.56 Å². The van der Waals surface area contributed by atoms with E-state index in [4.69, 9.17) is 0 Å². The minimum atomic E-state index is 0.0604. The van der Waals surface area contributed by atoms with Gasteiger partial charge in [-0.2, -0.15) is 0 Å². The molecule has 0 aliphatic carbocycles. The zero-order chi connectivity index (χ0) is 14.0. The Balaban J connectivity index is 2.55. The molecule has 0 unspecified atom stereocenters. The van der Waals surface area contributed by atoms with Crippen molar-refractivity contribution in [3.8, 4) is 11.3 Å². The van der Waals surface area contributed by atoms with E-state index in [9.17, 15) is 4.79 Å². The predicted molar refractivity (Wildman–Crippen MR) is 78.6 cm³/mol. The molecule has 0 aliphatic rings. The molecule has 4 heteroatoms. The summed E-state index contributed by atoms with van der Waals surface area (Å²) in [6, 6.07) is 6.30. The zero-order valence-corrected chi connectivity index (χ0v) is 12.0. The third-order valence-corrected chi connectivity index (χ3v) is 3.42. The third-order valence-electron chi connectivity index (χ3n) is 3.42. The molecular formula is C15H21N3O. The first-order valence-electron chi connectivity index (χ1n) is 6.54. The molecule has 2 aromatic rings. The highest BCUT2D eigenvalue weighted by atomic mass is 16.1. The first-order valence-corrected chi connectivity index (χ1v) is 6.54. The third kappa shape index (κ3) is 2.63. The Hall–Kier alpha value is -1.81. The number of hydrogen-bond donors (Lipinski definition) is 2. The second-order valence-corrected chi connectivity index (χ2v) is 5.00. The molecule has 0 saturated heterocycles. The van der Waals surface area contributed by atoms with Crippen LogP contribution in [0.3, 0.4) is 0 Å². The number of nitrogens with zero attached hydrogens (tertiary/aromatic N) is 1. The maximum Gasteiger partial charge on any atom is 0.270 e. The Kier molecular flexibility index (Phi) is 3.90. The molecule has 2 rings (SSSR count). The van der Waals surface area contributed by atoms with Crippen LogP contribution in [0.1, 0.15) is 16.7 Å². The second-order valence-electron chi connectivity index (χ2n) is 5.00. The van der Waals surface area contributed by atoms with Crippen molar-refractivity contribution in [1.29, 1.82) is 0 Å². The summed E-state index contributed by atoms with van der Waals surface area (Å²) in [4.78, 5) is 12.2. The Morgan fingerprint density at radius 3 is 2.68 bits per heavy atom. The van der Waals surface area contributed by atoms with Crippen molar-refractivity contribution in [3.05, 3.63) is 45.2 Å². The number of benzene rings is 1. The molecule has 4 nitrogen and oxygen atoms in total. The first kappa shape index (κ1) is 13.6. The molecule has 2 N–H and O–H groups in total. The van der Waals surface area contributed by atoms with Gasteiger partial charge < -0.3 is 5.32 Å². The Morgan fingerprint density at radius 1 is 1.32 bits per heavy atom. The SMILES string of the molecule is CNCCc1c(-c2ccc(C)cc2C)[nH]n(C)c1=O. The van der Waals surface area contributed by atoms with Gasteiger partial charge in [-0.15, -0.1) is 0 Å². The summed E-state index contributed by atoms with van der Waals surface area (Å²) < 4.78 is 1.56. The molecule has 0 amide bonds. The number of aromatic amines is 1. The van der Waals surface area contributed by atoms with E-state index in [-0.39, 0.29) is 5.56 Å². The summed E-state index contributed by atoms with van der Waals surface area (Å²) in [7, 11) is 3.66. The highest BCUT2D eigenvalue weighted by Gasteiger charge is 2.15. The molecule has 0 saturated carbocycles. The molecule has 0 fully saturated rings. The van der Waals surface area contributed by atoms with E-state index >= 15 is 0 Å². The molecule has 0 aliphatic heterocycles. The van der Waals surface area contributed by atoms with Crippen molar-refractivity contribution in [2.75, 3.05) is 13.6 Å². The van der Waals surface area contributed by atoms with Gasteiger partial charge >= 0.3 is 0 Å². The van der Waals surface area contributed by atoms with Gasteiger partial charge in [-0.25, -0.2) is 0 Å². The van der Waals surface area contributed by atoms with E-state index in [1.807, 2.05) is 7.05 Å². The number of likely N-dealkylation sites (N-methyl/N-ethyl adjacent to an activating group) is 1. The van der Waals surface area contributed by atoms with Crippen LogP contribution in [-0.2, 0) is 13.5 Å². The average Bonchev–Trinajstić information content (AvgIpc) is 2.63. The monoisotopic (exact) mass is 259 g/mol. The van der Waals surface area contributed by atoms with Crippen molar-refractivity contribution in [3.63, 3.8) is 0 Å². The molecule has 0 spiro atoms. The van der Waals surface area contributed by atoms with E-state index in [1.165, 1.54) is 11.1 Å². The van der Waals surface area contributed by atoms with Crippen LogP contribution in [0.15, 0.2) is 23.0 Å². The molecule has 1 aromatic carbocycles. The summed E-state index contributed by atoms with van der Waals surface area (Å²) in [6.07, 6.45) is 0.731. The fraction of sp³-hybridized carbons (Fsp3) is 0.400. The van der Waals surface area contributed by atoms with E-state index < -0.39 is 0 Å². The van der Waals surface area contributed by atoms with Crippen molar-refractivity contribution in [1.82, 2.24) is 15.1 Å². The van der Waals surface area contributed by atoms with E-state index in [2.05, 4.69) is 42.5 Å². The van der Waals surface area contributed by atoms with Crippen LogP contribution in [-0.4, -0.2) is 23.4 Å². The summed E-state index contributed by atoms with van der Waals surface area (Å²) in [5.41, 5.74) is 5.38. The topological polar surface area (TPSA) is 49.8 Å². The van der Waals surface area contributed by atoms with Crippen LogP contribution < -0.4 is 10.9 Å². The summed E-state index contributed by atoms with van der Waals surface area (Å²) in [6.45, 7) is 4.95. The number of aromatic nitrogens is 2. The molecule has 1 aromatic heterocycles. The highest BCUT2D eigenvalue weighted by molar-refractivity contribution is 5.67. The molecule has 0 bridgehead atoms. The van der Waals surface area contributed by atoms with Crippen LogP contribution in [0.4, 0.5) is 0 Å². The quantitative estimate of drug-likeness (QED) is 0.879. The molecule has 102 valence electrons. The lowest BCUT2D eigenvalue weighted by molar-refractivity contribution is 0.734. The van der Waals surface area contributed by atoms with Crippen LogP contribution in [0.5, 0.6) is 0 Å². The van der Waals surface area contributed by atoms with Gasteiger partial charge in [0.15, 0.2) is 0 Å². The Morgan fingerprint density at radius 2 is 2.05 bits per heavy atom. The zero-order valence-electron chi connectivity index (χ0n) is 12.0. The standard InChI is InChI=1S/C15H21N3O/c1-10-5-6-12(11(2)9-10)14-13(7-8-16-3)15(19)18(4)17-14/h5-6,9,16-17H,7-8H2,1-4H3. The van der Waals surface area contributed by atoms with Gasteiger partial charge in [0.05, 0.1) is 5.69 Å². The lowest BCUT2D eigenvalue weighted by atomic mass is 9.99. The minimum absolute atomic E-state index is 0.0604. The van der Waals surface area contributed by atoms with Gasteiger partial charge in [-0.3, -0.25) is 14.6 Å². The summed E-state index contributed by atoms with van der Waals surface area (Å²) >= 11 is 0. The maximum absolute atomic E-state index is 12.2. The summed E-state index contributed by atoms with van der Waals surface area (Å²) in [5, 5.41) is 6.27. The Labute approximate surface area is 113 Å². The number of H-pyrrole nitrogens is 1. The molecule has 0 radical (unpaired) electrons. The van der Waals surface area contributed by atoms with Crippen molar-refractivity contribution in [2.45, 2.75) is 20.3 Å². The van der Waals surface area contributed by atoms with Crippen molar-refractivity contribution < 1.29 is 0 Å². The van der Waals surface area contributed by atoms with Gasteiger partial charge in [0.2, 0.25) is 0 Å². The number of rotatable bonds is 4. The molecule has 0 atom stereocenters. The summed E-state index contributed by atoms with van der Waals surface area (Å²) in [5.74, 6) is 0. The number of hydrogen-bond acceptors (Lipinski definition) is 2. The van der Waals surface area contributed by atoms with Crippen LogP contribution >= 0.6 is 0 Å². The van der Waals surface area contributed by atoms with E-state index in [0.29, 0.717) is 0 Å². The first-order chi connectivity index (χ1) is 9.04. The fourth-order valence-corrected chi connectivity index (χ4v) is 2.39. The molecular weight excluding hydrogens is 238 g/mol. The highest BCUT2D eigenvalue weighted by Crippen LogP contribution is 2.24. The smallest absolute Gasteiger partial charge is 0.270 e. The van der Waals surface area contributed by atoms with Gasteiger partial charge in [-0.05, 0) is 39.4 Å². The van der Waals surface area contributed by atoms with Crippen LogP contribution in [0.2, 0.25) is 0 Å². The van der Waals surface area contributed by atoms with E-state index in [0.717, 1.165) is 29.8 Å². The van der Waals surface area contributed by atoms with Crippen molar-refractivity contribution >= 4 is 0 Å². The van der Waals surface area contributed by atoms with Gasteiger partial charge in [-0.1, -0.05) is 23.8 Å². The maximum atomic E-state index is 12.2. The van der Waals surface area contributed by atoms with Gasteiger partial charge in [0.1, 0.15) is 0 Å². The lowest BCUT2D eigenvalue weighted by Crippen LogP contribution is -2.19. The minimum Gasteiger partial charge on any atom is -0.319 e. The van der Waals surface area contributed by atoms with Crippen molar-refractivity contribution in [2.24, 2.45) is 7.05 Å². The van der Waals surface area contributed by atoms with Crippen LogP contribution in [0.25, 0.3) is 11.3 Å². The second kappa shape index (κ2) is 5.45. The fourth-order valence-electron chi connectivity index (χ4n) is 2.39. The van der Waals surface area contributed by atoms with Gasteiger partial charge in [0, 0.05) is 18.2 Å². The lowest BCUT2D eigenvalue weighted by Gasteiger charge is -2.07. The number of aryl methyl sites for hydroxylation is 3. The average molecular weight is 259 g/mol. The molecule has 1 heterocycles. The largest absolute Gasteiger partial charge is 0.319 e. The predicted octanol–water partition coefficient (Wildman–Crippen LogP) is 1.76. The van der Waals surface area contributed by atoms with Crippen LogP contribution in [0, 0.1) is 13.8 Å². The molecule has 19 heavy (non-hydrogen) atoms. The normalized spacial score (nSPS) is 10.9. The van der Waals surface area contributed by atoms with E-state index in [1.54, 1.807) is 11.7 Å².